The first kappa shape index (κ1) is 14.1. The number of hydrogen-bond donors (Lipinski definition) is 3. The quantitative estimate of drug-likeness (QED) is 0.648. The van der Waals surface area contributed by atoms with Crippen molar-refractivity contribution in [2.24, 2.45) is 0 Å². The minimum Gasteiger partial charge on any atom is -0.393 e. The maximum absolute atomic E-state index is 11.9. The van der Waals surface area contributed by atoms with Crippen LogP contribution in [-0.2, 0) is 10.0 Å². The number of aliphatic hydroxyl groups is 1. The Hall–Kier alpha value is -0.920. The van der Waals surface area contributed by atoms with Crippen molar-refractivity contribution >= 4 is 10.0 Å². The molecule has 0 aliphatic carbocycles. The molecule has 0 saturated carbocycles. The lowest BCUT2D eigenvalue weighted by atomic mass is 10.2. The summed E-state index contributed by atoms with van der Waals surface area (Å²) in [5, 5.41) is 15.6. The normalized spacial score (nSPS) is 13.9. The van der Waals surface area contributed by atoms with Crippen LogP contribution in [0.1, 0.15) is 31.2 Å². The van der Waals surface area contributed by atoms with Crippen molar-refractivity contribution in [2.45, 2.75) is 44.6 Å². The van der Waals surface area contributed by atoms with Gasteiger partial charge in [-0.05, 0) is 33.6 Å². The topological polar surface area (TPSA) is 95.1 Å². The molecule has 0 aliphatic rings. The lowest BCUT2D eigenvalue weighted by Crippen LogP contribution is -2.26. The summed E-state index contributed by atoms with van der Waals surface area (Å²) in [4.78, 5) is 0.217. The van der Waals surface area contributed by atoms with Gasteiger partial charge in [-0.2, -0.15) is 5.10 Å². The average molecular weight is 261 g/mol. The van der Waals surface area contributed by atoms with E-state index in [1.54, 1.807) is 20.8 Å². The molecule has 0 saturated heterocycles. The Labute approximate surface area is 101 Å². The summed E-state index contributed by atoms with van der Waals surface area (Å²) < 4.78 is 26.4. The molecule has 6 nitrogen and oxygen atoms in total. The Morgan fingerprint density at radius 1 is 1.47 bits per heavy atom. The van der Waals surface area contributed by atoms with Crippen LogP contribution in [0, 0.1) is 13.8 Å². The van der Waals surface area contributed by atoms with Crippen LogP contribution >= 0.6 is 0 Å². The van der Waals surface area contributed by atoms with Crippen molar-refractivity contribution in [3.63, 3.8) is 0 Å². The second-order valence-corrected chi connectivity index (χ2v) is 5.86. The summed E-state index contributed by atoms with van der Waals surface area (Å²) >= 11 is 0. The zero-order valence-corrected chi connectivity index (χ0v) is 11.1. The number of nitrogens with zero attached hydrogens (tertiary/aromatic N) is 1. The zero-order valence-electron chi connectivity index (χ0n) is 10.3. The van der Waals surface area contributed by atoms with Crippen LogP contribution in [0.15, 0.2) is 4.90 Å². The number of aliphatic hydroxyl groups excluding tert-OH is 1. The van der Waals surface area contributed by atoms with E-state index in [0.717, 1.165) is 0 Å². The molecule has 0 radical (unpaired) electrons. The van der Waals surface area contributed by atoms with Crippen LogP contribution < -0.4 is 4.72 Å². The summed E-state index contributed by atoms with van der Waals surface area (Å²) in [6.45, 7) is 5.31. The lowest BCUT2D eigenvalue weighted by molar-refractivity contribution is 0.182. The Morgan fingerprint density at radius 3 is 2.59 bits per heavy atom. The van der Waals surface area contributed by atoms with Gasteiger partial charge in [0.15, 0.2) is 0 Å². The van der Waals surface area contributed by atoms with Gasteiger partial charge >= 0.3 is 0 Å². The van der Waals surface area contributed by atoms with Gasteiger partial charge in [-0.25, -0.2) is 13.1 Å². The number of hydrogen-bond acceptors (Lipinski definition) is 4. The first-order valence-electron chi connectivity index (χ1n) is 5.54. The molecule has 17 heavy (non-hydrogen) atoms. The Bertz CT molecular complexity index is 446. The third-order valence-electron chi connectivity index (χ3n) is 2.42. The molecule has 0 spiro atoms. The molecule has 0 amide bonds. The molecule has 0 fully saturated rings. The molecule has 1 atom stereocenters. The van der Waals surface area contributed by atoms with E-state index in [2.05, 4.69) is 14.9 Å². The summed E-state index contributed by atoms with van der Waals surface area (Å²) in [6.07, 6.45) is 0.774. The fraction of sp³-hybridized carbons (Fsp3) is 0.700. The van der Waals surface area contributed by atoms with Gasteiger partial charge in [-0.1, -0.05) is 0 Å². The van der Waals surface area contributed by atoms with Gasteiger partial charge in [0, 0.05) is 6.54 Å². The molecule has 1 unspecified atom stereocenters. The van der Waals surface area contributed by atoms with Crippen molar-refractivity contribution < 1.29 is 13.5 Å². The second kappa shape index (κ2) is 5.61. The number of nitrogens with one attached hydrogen (secondary N) is 2. The highest BCUT2D eigenvalue weighted by Crippen LogP contribution is 2.16. The van der Waals surface area contributed by atoms with Gasteiger partial charge in [-0.3, -0.25) is 5.10 Å². The summed E-state index contributed by atoms with van der Waals surface area (Å²) in [6, 6.07) is 0. The fourth-order valence-corrected chi connectivity index (χ4v) is 3.05. The summed E-state index contributed by atoms with van der Waals surface area (Å²) in [5.74, 6) is 0. The molecular formula is C10H19N3O3S. The highest BCUT2D eigenvalue weighted by atomic mass is 32.2. The minimum absolute atomic E-state index is 0.217. The summed E-state index contributed by atoms with van der Waals surface area (Å²) in [7, 11) is -3.50. The maximum Gasteiger partial charge on any atom is 0.244 e. The number of H-pyrrole nitrogens is 1. The van der Waals surface area contributed by atoms with E-state index in [0.29, 0.717) is 30.8 Å². The van der Waals surface area contributed by atoms with Crippen LogP contribution in [0.4, 0.5) is 0 Å². The first-order valence-corrected chi connectivity index (χ1v) is 7.02. The molecule has 1 aromatic heterocycles. The van der Waals surface area contributed by atoms with Crippen LogP contribution in [0.25, 0.3) is 0 Å². The molecule has 0 aliphatic heterocycles. The highest BCUT2D eigenvalue weighted by Gasteiger charge is 2.21. The number of aromatic amines is 1. The number of aromatic nitrogens is 2. The number of rotatable bonds is 6. The molecule has 0 bridgehead atoms. The van der Waals surface area contributed by atoms with Crippen LogP contribution in [-0.4, -0.2) is 36.4 Å². The molecule has 1 aromatic rings. The third kappa shape index (κ3) is 3.79. The standard InChI is InChI=1S/C10H19N3O3S/c1-7(14)5-4-6-11-17(15,16)10-8(2)12-13-9(10)3/h7,11,14H,4-6H2,1-3H3,(H,12,13). The van der Waals surface area contributed by atoms with Crippen molar-refractivity contribution in [2.75, 3.05) is 6.54 Å². The van der Waals surface area contributed by atoms with E-state index in [1.165, 1.54) is 0 Å². The first-order chi connectivity index (χ1) is 7.84. The van der Waals surface area contributed by atoms with Crippen LogP contribution in [0.3, 0.4) is 0 Å². The van der Waals surface area contributed by atoms with Gasteiger partial charge in [0.2, 0.25) is 10.0 Å². The SMILES string of the molecule is Cc1n[nH]c(C)c1S(=O)(=O)NCCCC(C)O. The van der Waals surface area contributed by atoms with Gasteiger partial charge < -0.3 is 5.11 Å². The van der Waals surface area contributed by atoms with E-state index in [-0.39, 0.29) is 4.90 Å². The summed E-state index contributed by atoms with van der Waals surface area (Å²) in [5.41, 5.74) is 0.996. The van der Waals surface area contributed by atoms with E-state index < -0.39 is 16.1 Å². The molecule has 7 heteroatoms. The van der Waals surface area contributed by atoms with Gasteiger partial charge in [0.25, 0.3) is 0 Å². The van der Waals surface area contributed by atoms with Crippen LogP contribution in [0.2, 0.25) is 0 Å². The molecule has 1 heterocycles. The molecular weight excluding hydrogens is 242 g/mol. The third-order valence-corrected chi connectivity index (χ3v) is 4.14. The Balaban J connectivity index is 2.64. The average Bonchev–Trinajstić information content (AvgIpc) is 2.53. The van der Waals surface area contributed by atoms with Crippen molar-refractivity contribution in [3.05, 3.63) is 11.4 Å². The van der Waals surface area contributed by atoms with E-state index in [4.69, 9.17) is 5.11 Å². The molecule has 1 rings (SSSR count). The minimum atomic E-state index is -3.50. The van der Waals surface area contributed by atoms with Crippen molar-refractivity contribution in [1.29, 1.82) is 0 Å². The molecule has 98 valence electrons. The monoisotopic (exact) mass is 261 g/mol. The zero-order chi connectivity index (χ0) is 13.1. The number of aryl methyl sites for hydroxylation is 2. The Morgan fingerprint density at radius 2 is 2.12 bits per heavy atom. The predicted molar refractivity (Wildman–Crippen MR) is 64.2 cm³/mol. The highest BCUT2D eigenvalue weighted by molar-refractivity contribution is 7.89. The lowest BCUT2D eigenvalue weighted by Gasteiger charge is -2.07. The Kier molecular flexibility index (Phi) is 4.67. The van der Waals surface area contributed by atoms with E-state index in [1.807, 2.05) is 0 Å². The van der Waals surface area contributed by atoms with Gasteiger partial charge in [0.05, 0.1) is 17.5 Å². The molecule has 0 aromatic carbocycles. The second-order valence-electron chi connectivity index (χ2n) is 4.15. The smallest absolute Gasteiger partial charge is 0.244 e. The predicted octanol–water partition coefficient (Wildman–Crippen LogP) is 0.466. The maximum atomic E-state index is 11.9. The molecule has 3 N–H and O–H groups in total. The van der Waals surface area contributed by atoms with E-state index in [9.17, 15) is 8.42 Å². The largest absolute Gasteiger partial charge is 0.393 e. The van der Waals surface area contributed by atoms with Gasteiger partial charge in [0.1, 0.15) is 4.90 Å². The van der Waals surface area contributed by atoms with Crippen LogP contribution in [0.5, 0.6) is 0 Å². The van der Waals surface area contributed by atoms with E-state index >= 15 is 0 Å². The number of sulfonamides is 1. The van der Waals surface area contributed by atoms with Gasteiger partial charge in [-0.15, -0.1) is 0 Å². The fourth-order valence-electron chi connectivity index (χ4n) is 1.61. The van der Waals surface area contributed by atoms with Crippen molar-refractivity contribution in [1.82, 2.24) is 14.9 Å². The van der Waals surface area contributed by atoms with Crippen molar-refractivity contribution in [3.8, 4) is 0 Å².